The fourth-order valence-corrected chi connectivity index (χ4v) is 4.79. The van der Waals surface area contributed by atoms with E-state index in [1.807, 2.05) is 0 Å². The molecule has 0 aliphatic carbocycles. The highest BCUT2D eigenvalue weighted by molar-refractivity contribution is 7.91. The SMILES string of the molecule is O=S1(=O)CCCC(NCC(O)c2ccc(Cl)s2)C1. The molecule has 2 heterocycles. The molecule has 1 fully saturated rings. The minimum absolute atomic E-state index is 0.0474. The number of sulfone groups is 1. The minimum atomic E-state index is -2.90. The number of hydrogen-bond acceptors (Lipinski definition) is 5. The highest BCUT2D eigenvalue weighted by Gasteiger charge is 2.25. The van der Waals surface area contributed by atoms with E-state index >= 15 is 0 Å². The van der Waals surface area contributed by atoms with Crippen LogP contribution in [0.1, 0.15) is 23.8 Å². The molecule has 0 radical (unpaired) electrons. The van der Waals surface area contributed by atoms with Gasteiger partial charge in [0.1, 0.15) is 6.10 Å². The van der Waals surface area contributed by atoms with Crippen LogP contribution in [0.2, 0.25) is 4.34 Å². The molecule has 0 aromatic carbocycles. The molecule has 2 atom stereocenters. The van der Waals surface area contributed by atoms with Crippen molar-refractivity contribution in [1.82, 2.24) is 5.32 Å². The van der Waals surface area contributed by atoms with Gasteiger partial charge in [0.2, 0.25) is 0 Å². The fraction of sp³-hybridized carbons (Fsp3) is 0.636. The summed E-state index contributed by atoms with van der Waals surface area (Å²) in [7, 11) is -2.90. The molecule has 1 aromatic heterocycles. The van der Waals surface area contributed by atoms with Crippen LogP contribution in [0.15, 0.2) is 12.1 Å². The Morgan fingerprint density at radius 1 is 1.56 bits per heavy atom. The third-order valence-corrected chi connectivity index (χ3v) is 6.14. The van der Waals surface area contributed by atoms with Crippen LogP contribution in [0.25, 0.3) is 0 Å². The van der Waals surface area contributed by atoms with Gasteiger partial charge in [-0.1, -0.05) is 11.6 Å². The van der Waals surface area contributed by atoms with E-state index in [0.29, 0.717) is 17.3 Å². The molecule has 7 heteroatoms. The third-order valence-electron chi connectivity index (χ3n) is 2.99. The van der Waals surface area contributed by atoms with Crippen molar-refractivity contribution in [3.8, 4) is 0 Å². The third kappa shape index (κ3) is 3.93. The molecule has 0 amide bonds. The van der Waals surface area contributed by atoms with Crippen LogP contribution in [-0.4, -0.2) is 37.6 Å². The number of aliphatic hydroxyl groups excluding tert-OH is 1. The molecule has 1 aliphatic rings. The number of rotatable bonds is 4. The van der Waals surface area contributed by atoms with Gasteiger partial charge in [-0.05, 0) is 25.0 Å². The highest BCUT2D eigenvalue weighted by Crippen LogP contribution is 2.26. The van der Waals surface area contributed by atoms with Crippen molar-refractivity contribution in [2.24, 2.45) is 0 Å². The van der Waals surface area contributed by atoms with Crippen LogP contribution in [0, 0.1) is 0 Å². The molecule has 2 rings (SSSR count). The zero-order chi connectivity index (χ0) is 13.2. The number of hydrogen-bond donors (Lipinski definition) is 2. The van der Waals surface area contributed by atoms with E-state index in [1.165, 1.54) is 11.3 Å². The van der Waals surface area contributed by atoms with Crippen LogP contribution in [0.4, 0.5) is 0 Å². The number of nitrogens with one attached hydrogen (secondary N) is 1. The lowest BCUT2D eigenvalue weighted by Crippen LogP contribution is -2.41. The van der Waals surface area contributed by atoms with Crippen molar-refractivity contribution in [2.45, 2.75) is 25.0 Å². The first kappa shape index (κ1) is 14.3. The van der Waals surface area contributed by atoms with Gasteiger partial charge < -0.3 is 10.4 Å². The van der Waals surface area contributed by atoms with Crippen LogP contribution in [-0.2, 0) is 9.84 Å². The molecular formula is C11H16ClNO3S2. The predicted octanol–water partition coefficient (Wildman–Crippen LogP) is 1.60. The second-order valence-corrected chi connectivity index (χ2v) is 8.49. The fourth-order valence-electron chi connectivity index (χ4n) is 2.07. The van der Waals surface area contributed by atoms with Gasteiger partial charge >= 0.3 is 0 Å². The van der Waals surface area contributed by atoms with E-state index < -0.39 is 15.9 Å². The summed E-state index contributed by atoms with van der Waals surface area (Å²) in [4.78, 5) is 0.797. The Morgan fingerprint density at radius 2 is 2.33 bits per heavy atom. The van der Waals surface area contributed by atoms with Crippen molar-refractivity contribution >= 4 is 32.8 Å². The normalized spacial score (nSPS) is 24.9. The highest BCUT2D eigenvalue weighted by atomic mass is 35.5. The first-order valence-electron chi connectivity index (χ1n) is 5.83. The number of halogens is 1. The molecule has 2 N–H and O–H groups in total. The van der Waals surface area contributed by atoms with E-state index in [0.717, 1.165) is 11.3 Å². The van der Waals surface area contributed by atoms with E-state index in [2.05, 4.69) is 5.32 Å². The summed E-state index contributed by atoms with van der Waals surface area (Å²) < 4.78 is 23.6. The van der Waals surface area contributed by atoms with Crippen LogP contribution >= 0.6 is 22.9 Å². The van der Waals surface area contributed by atoms with Gasteiger partial charge in [-0.25, -0.2) is 8.42 Å². The zero-order valence-electron chi connectivity index (χ0n) is 9.80. The largest absolute Gasteiger partial charge is 0.386 e. The van der Waals surface area contributed by atoms with Crippen molar-refractivity contribution < 1.29 is 13.5 Å². The molecule has 0 spiro atoms. The van der Waals surface area contributed by atoms with Crippen molar-refractivity contribution in [1.29, 1.82) is 0 Å². The predicted molar refractivity (Wildman–Crippen MR) is 74.0 cm³/mol. The summed E-state index contributed by atoms with van der Waals surface area (Å²) >= 11 is 7.14. The molecule has 1 saturated heterocycles. The Kier molecular flexibility index (Phi) is 4.66. The first-order valence-corrected chi connectivity index (χ1v) is 8.85. The second-order valence-electron chi connectivity index (χ2n) is 4.52. The maximum absolute atomic E-state index is 11.5. The molecule has 1 aromatic rings. The second kappa shape index (κ2) is 5.88. The van der Waals surface area contributed by atoms with Crippen LogP contribution < -0.4 is 5.32 Å². The van der Waals surface area contributed by atoms with Gasteiger partial charge in [0, 0.05) is 17.5 Å². The molecule has 102 valence electrons. The minimum Gasteiger partial charge on any atom is -0.386 e. The van der Waals surface area contributed by atoms with E-state index in [4.69, 9.17) is 11.6 Å². The Balaban J connectivity index is 1.84. The van der Waals surface area contributed by atoms with E-state index in [1.54, 1.807) is 12.1 Å². The Bertz CT molecular complexity index is 500. The molecule has 1 aliphatic heterocycles. The van der Waals surface area contributed by atoms with E-state index in [-0.39, 0.29) is 17.5 Å². The average Bonchev–Trinajstić information content (AvgIpc) is 2.71. The van der Waals surface area contributed by atoms with Gasteiger partial charge in [0.15, 0.2) is 9.84 Å². The van der Waals surface area contributed by atoms with Gasteiger partial charge in [-0.15, -0.1) is 11.3 Å². The topological polar surface area (TPSA) is 66.4 Å². The Morgan fingerprint density at radius 3 is 2.94 bits per heavy atom. The van der Waals surface area contributed by atoms with Crippen LogP contribution in [0.3, 0.4) is 0 Å². The lowest BCUT2D eigenvalue weighted by atomic mass is 10.2. The standard InChI is InChI=1S/C11H16ClNO3S2/c12-11-4-3-10(17-11)9(14)6-13-8-2-1-5-18(15,16)7-8/h3-4,8-9,13-14H,1-2,5-7H2. The summed E-state index contributed by atoms with van der Waals surface area (Å²) in [6, 6.07) is 3.49. The summed E-state index contributed by atoms with van der Waals surface area (Å²) in [6.07, 6.45) is 0.907. The molecule has 0 bridgehead atoms. The quantitative estimate of drug-likeness (QED) is 0.886. The van der Waals surface area contributed by atoms with Gasteiger partial charge in [-0.3, -0.25) is 0 Å². The number of aliphatic hydroxyl groups is 1. The zero-order valence-corrected chi connectivity index (χ0v) is 12.2. The molecule has 0 saturated carbocycles. The first-order chi connectivity index (χ1) is 8.46. The van der Waals surface area contributed by atoms with Gasteiger partial charge in [0.25, 0.3) is 0 Å². The maximum Gasteiger partial charge on any atom is 0.151 e. The van der Waals surface area contributed by atoms with Crippen molar-refractivity contribution in [2.75, 3.05) is 18.1 Å². The van der Waals surface area contributed by atoms with Crippen LogP contribution in [0.5, 0.6) is 0 Å². The Hall–Kier alpha value is -0.140. The lowest BCUT2D eigenvalue weighted by Gasteiger charge is -2.24. The molecule has 18 heavy (non-hydrogen) atoms. The van der Waals surface area contributed by atoms with Crippen molar-refractivity contribution in [3.63, 3.8) is 0 Å². The monoisotopic (exact) mass is 309 g/mol. The number of thiophene rings is 1. The summed E-state index contributed by atoms with van der Waals surface area (Å²) in [6.45, 7) is 0.358. The summed E-state index contributed by atoms with van der Waals surface area (Å²) in [5.41, 5.74) is 0. The molecular weight excluding hydrogens is 294 g/mol. The summed E-state index contributed by atoms with van der Waals surface area (Å²) in [5.74, 6) is 0.458. The van der Waals surface area contributed by atoms with Crippen molar-refractivity contribution in [3.05, 3.63) is 21.3 Å². The smallest absolute Gasteiger partial charge is 0.151 e. The molecule has 2 unspecified atom stereocenters. The Labute approximate surface area is 116 Å². The van der Waals surface area contributed by atoms with Gasteiger partial charge in [0.05, 0.1) is 15.8 Å². The van der Waals surface area contributed by atoms with Gasteiger partial charge in [-0.2, -0.15) is 0 Å². The summed E-state index contributed by atoms with van der Waals surface area (Å²) in [5, 5.41) is 13.1. The lowest BCUT2D eigenvalue weighted by molar-refractivity contribution is 0.173. The average molecular weight is 310 g/mol. The molecule has 4 nitrogen and oxygen atoms in total. The maximum atomic E-state index is 11.5. The van der Waals surface area contributed by atoms with E-state index in [9.17, 15) is 13.5 Å².